The van der Waals surface area contributed by atoms with Gasteiger partial charge in [0.15, 0.2) is 0 Å². The number of hydrogen-bond donors (Lipinski definition) is 1. The Morgan fingerprint density at radius 1 is 0.818 bits per heavy atom. The van der Waals surface area contributed by atoms with E-state index in [4.69, 9.17) is 14.2 Å². The highest BCUT2D eigenvalue weighted by molar-refractivity contribution is 8.93. The van der Waals surface area contributed by atoms with E-state index in [0.29, 0.717) is 0 Å². The number of benzene rings is 2. The molecule has 0 saturated carbocycles. The molecule has 0 aliphatic heterocycles. The number of ether oxygens (including phenoxy) is 3. The van der Waals surface area contributed by atoms with E-state index in [2.05, 4.69) is 11.4 Å². The fraction of sp³-hybridized carbons (Fsp3) is 0.294. The first-order valence-electron chi connectivity index (χ1n) is 6.81. The first-order valence-corrected chi connectivity index (χ1v) is 6.81. The third-order valence-corrected chi connectivity index (χ3v) is 3.27. The van der Waals surface area contributed by atoms with E-state index < -0.39 is 0 Å². The van der Waals surface area contributed by atoms with Crippen LogP contribution in [-0.2, 0) is 13.1 Å². The molecule has 2 aromatic rings. The van der Waals surface area contributed by atoms with Crippen LogP contribution >= 0.6 is 17.0 Å². The largest absolute Gasteiger partial charge is 0.497 e. The van der Waals surface area contributed by atoms with Crippen LogP contribution in [0.4, 0.5) is 0 Å². The summed E-state index contributed by atoms with van der Waals surface area (Å²) in [6.07, 6.45) is 0. The van der Waals surface area contributed by atoms with Gasteiger partial charge in [-0.1, -0.05) is 18.2 Å². The van der Waals surface area contributed by atoms with Crippen LogP contribution in [0.1, 0.15) is 11.1 Å². The lowest BCUT2D eigenvalue weighted by atomic mass is 10.1. The highest BCUT2D eigenvalue weighted by Crippen LogP contribution is 2.24. The maximum absolute atomic E-state index is 5.39. The quantitative estimate of drug-likeness (QED) is 0.811. The van der Waals surface area contributed by atoms with Crippen LogP contribution in [0.2, 0.25) is 0 Å². The molecule has 0 spiro atoms. The molecule has 1 N–H and O–H groups in total. The van der Waals surface area contributed by atoms with Crippen LogP contribution in [0.15, 0.2) is 42.5 Å². The summed E-state index contributed by atoms with van der Waals surface area (Å²) in [5, 5.41) is 3.41. The Balaban J connectivity index is 0.00000242. The van der Waals surface area contributed by atoms with Gasteiger partial charge in [-0.2, -0.15) is 0 Å². The molecule has 120 valence electrons. The van der Waals surface area contributed by atoms with Crippen molar-refractivity contribution >= 4 is 17.0 Å². The van der Waals surface area contributed by atoms with Gasteiger partial charge in [0.05, 0.1) is 21.3 Å². The SMILES string of the molecule is Br.COc1cccc(CNCc2ccc(OC)cc2OC)c1. The molecule has 5 heteroatoms. The summed E-state index contributed by atoms with van der Waals surface area (Å²) in [7, 11) is 4.99. The second-order valence-corrected chi connectivity index (χ2v) is 4.63. The second kappa shape index (κ2) is 9.33. The molecule has 0 heterocycles. The molecular weight excluding hydrogens is 346 g/mol. The maximum atomic E-state index is 5.39. The van der Waals surface area contributed by atoms with Gasteiger partial charge < -0.3 is 19.5 Å². The molecule has 0 amide bonds. The van der Waals surface area contributed by atoms with E-state index in [1.54, 1.807) is 21.3 Å². The summed E-state index contributed by atoms with van der Waals surface area (Å²) in [5.41, 5.74) is 2.28. The molecule has 22 heavy (non-hydrogen) atoms. The van der Waals surface area contributed by atoms with Gasteiger partial charge in [0.1, 0.15) is 17.2 Å². The zero-order chi connectivity index (χ0) is 15.1. The zero-order valence-corrected chi connectivity index (χ0v) is 14.8. The van der Waals surface area contributed by atoms with Crippen LogP contribution < -0.4 is 19.5 Å². The van der Waals surface area contributed by atoms with Gasteiger partial charge in [0, 0.05) is 24.7 Å². The first-order chi connectivity index (χ1) is 10.3. The highest BCUT2D eigenvalue weighted by atomic mass is 79.9. The monoisotopic (exact) mass is 367 g/mol. The van der Waals surface area contributed by atoms with Crippen molar-refractivity contribution in [1.82, 2.24) is 5.32 Å². The van der Waals surface area contributed by atoms with Crippen molar-refractivity contribution in [3.63, 3.8) is 0 Å². The number of nitrogens with one attached hydrogen (secondary N) is 1. The first kappa shape index (κ1) is 18.3. The zero-order valence-electron chi connectivity index (χ0n) is 13.1. The van der Waals surface area contributed by atoms with E-state index in [9.17, 15) is 0 Å². The third-order valence-electron chi connectivity index (χ3n) is 3.27. The number of rotatable bonds is 7. The Morgan fingerprint density at radius 3 is 2.23 bits per heavy atom. The molecule has 0 bridgehead atoms. The van der Waals surface area contributed by atoms with Crippen LogP contribution in [0.25, 0.3) is 0 Å². The summed E-state index contributed by atoms with van der Waals surface area (Å²) in [6.45, 7) is 1.50. The molecule has 0 fully saturated rings. The Labute approximate surface area is 142 Å². The summed E-state index contributed by atoms with van der Waals surface area (Å²) in [6, 6.07) is 13.9. The van der Waals surface area contributed by atoms with E-state index in [1.165, 1.54) is 5.56 Å². The van der Waals surface area contributed by atoms with Crippen molar-refractivity contribution < 1.29 is 14.2 Å². The Morgan fingerprint density at radius 2 is 1.55 bits per heavy atom. The highest BCUT2D eigenvalue weighted by Gasteiger charge is 2.05. The smallest absolute Gasteiger partial charge is 0.127 e. The topological polar surface area (TPSA) is 39.7 Å². The average Bonchev–Trinajstić information content (AvgIpc) is 2.55. The van der Waals surface area contributed by atoms with Crippen LogP contribution in [-0.4, -0.2) is 21.3 Å². The fourth-order valence-electron chi connectivity index (χ4n) is 2.12. The van der Waals surface area contributed by atoms with Crippen molar-refractivity contribution in [3.8, 4) is 17.2 Å². The number of methoxy groups -OCH3 is 3. The van der Waals surface area contributed by atoms with Gasteiger partial charge in [-0.3, -0.25) is 0 Å². The van der Waals surface area contributed by atoms with Gasteiger partial charge in [-0.15, -0.1) is 17.0 Å². The molecule has 0 atom stereocenters. The van der Waals surface area contributed by atoms with Gasteiger partial charge in [0.2, 0.25) is 0 Å². The molecule has 2 aromatic carbocycles. The Bertz CT molecular complexity index is 590. The summed E-state index contributed by atoms with van der Waals surface area (Å²) in [4.78, 5) is 0. The molecular formula is C17H22BrNO3. The molecule has 4 nitrogen and oxygen atoms in total. The maximum Gasteiger partial charge on any atom is 0.127 e. The van der Waals surface area contributed by atoms with Gasteiger partial charge in [-0.05, 0) is 23.8 Å². The predicted octanol–water partition coefficient (Wildman–Crippen LogP) is 3.58. The summed E-state index contributed by atoms with van der Waals surface area (Å²) >= 11 is 0. The minimum atomic E-state index is 0. The van der Waals surface area contributed by atoms with Crippen LogP contribution in [0, 0.1) is 0 Å². The third kappa shape index (κ3) is 4.93. The van der Waals surface area contributed by atoms with Crippen LogP contribution in [0.5, 0.6) is 17.2 Å². The van der Waals surface area contributed by atoms with Crippen molar-refractivity contribution in [2.75, 3.05) is 21.3 Å². The van der Waals surface area contributed by atoms with Crippen molar-refractivity contribution in [1.29, 1.82) is 0 Å². The van der Waals surface area contributed by atoms with E-state index >= 15 is 0 Å². The average molecular weight is 368 g/mol. The molecule has 0 unspecified atom stereocenters. The molecule has 0 aromatic heterocycles. The standard InChI is InChI=1S/C17H21NO3.BrH/c1-19-15-6-4-5-13(9-15)11-18-12-14-7-8-16(20-2)10-17(14)21-3;/h4-10,18H,11-12H2,1-3H3;1H. The minimum absolute atomic E-state index is 0. The Kier molecular flexibility index (Phi) is 7.77. The van der Waals surface area contributed by atoms with Gasteiger partial charge in [0.25, 0.3) is 0 Å². The lowest BCUT2D eigenvalue weighted by Gasteiger charge is -2.11. The second-order valence-electron chi connectivity index (χ2n) is 4.63. The van der Waals surface area contributed by atoms with Crippen molar-refractivity contribution in [3.05, 3.63) is 53.6 Å². The van der Waals surface area contributed by atoms with Crippen LogP contribution in [0.3, 0.4) is 0 Å². The van der Waals surface area contributed by atoms with Gasteiger partial charge >= 0.3 is 0 Å². The number of halogens is 1. The summed E-state index contributed by atoms with van der Waals surface area (Å²) < 4.78 is 15.8. The predicted molar refractivity (Wildman–Crippen MR) is 93.4 cm³/mol. The molecule has 0 aliphatic carbocycles. The molecule has 0 radical (unpaired) electrons. The lowest BCUT2D eigenvalue weighted by molar-refractivity contribution is 0.389. The van der Waals surface area contributed by atoms with E-state index in [1.807, 2.05) is 36.4 Å². The Hall–Kier alpha value is -1.72. The molecule has 0 aliphatic rings. The fourth-order valence-corrected chi connectivity index (χ4v) is 2.12. The minimum Gasteiger partial charge on any atom is -0.497 e. The van der Waals surface area contributed by atoms with Crippen molar-refractivity contribution in [2.24, 2.45) is 0 Å². The van der Waals surface area contributed by atoms with E-state index in [-0.39, 0.29) is 17.0 Å². The van der Waals surface area contributed by atoms with Gasteiger partial charge in [-0.25, -0.2) is 0 Å². The summed E-state index contributed by atoms with van der Waals surface area (Å²) in [5.74, 6) is 2.49. The molecule has 2 rings (SSSR count). The van der Waals surface area contributed by atoms with E-state index in [0.717, 1.165) is 35.9 Å². The molecule has 0 saturated heterocycles. The van der Waals surface area contributed by atoms with Crippen molar-refractivity contribution in [2.45, 2.75) is 13.1 Å². The lowest BCUT2D eigenvalue weighted by Crippen LogP contribution is -2.13. The normalized spacial score (nSPS) is 9.77. The number of hydrogen-bond acceptors (Lipinski definition) is 4.